The van der Waals surface area contributed by atoms with Gasteiger partial charge in [-0.2, -0.15) is 0 Å². The van der Waals surface area contributed by atoms with Gasteiger partial charge in [-0.1, -0.05) is 19.3 Å². The molecule has 0 radical (unpaired) electrons. The number of nitrogens with one attached hydrogen (secondary N) is 1. The predicted molar refractivity (Wildman–Crippen MR) is 56.4 cm³/mol. The first kappa shape index (κ1) is 11.3. The molecule has 78 valence electrons. The first-order valence-electron chi connectivity index (χ1n) is 5.21. The zero-order valence-electron chi connectivity index (χ0n) is 8.39. The monoisotopic (exact) mass is 205 g/mol. The van der Waals surface area contributed by atoms with Crippen LogP contribution < -0.4 is 5.32 Å². The highest BCUT2D eigenvalue weighted by atomic mass is 35.5. The number of alkyl halides is 1. The smallest absolute Gasteiger partial charge is 0.0587 e. The summed E-state index contributed by atoms with van der Waals surface area (Å²) in [6.07, 6.45) is 6.32. The number of rotatable bonds is 4. The minimum Gasteiger partial charge on any atom is -0.383 e. The van der Waals surface area contributed by atoms with Crippen LogP contribution in [0.2, 0.25) is 0 Å². The molecular weight excluding hydrogens is 186 g/mol. The van der Waals surface area contributed by atoms with Gasteiger partial charge < -0.3 is 10.1 Å². The Morgan fingerprint density at radius 1 is 1.31 bits per heavy atom. The van der Waals surface area contributed by atoms with Crippen molar-refractivity contribution in [1.29, 1.82) is 0 Å². The first-order chi connectivity index (χ1) is 6.34. The Morgan fingerprint density at radius 2 is 2.08 bits per heavy atom. The summed E-state index contributed by atoms with van der Waals surface area (Å²) in [6, 6.07) is 0.499. The molecule has 2 atom stereocenters. The maximum Gasteiger partial charge on any atom is 0.0587 e. The Balaban J connectivity index is 2.19. The second kappa shape index (κ2) is 6.63. The third-order valence-electron chi connectivity index (χ3n) is 2.64. The van der Waals surface area contributed by atoms with Crippen LogP contribution in [0.1, 0.15) is 32.1 Å². The lowest BCUT2D eigenvalue weighted by Gasteiger charge is -2.20. The van der Waals surface area contributed by atoms with Gasteiger partial charge in [0, 0.05) is 25.1 Å². The second-order valence-corrected chi connectivity index (χ2v) is 4.27. The Hall–Kier alpha value is 0.210. The molecule has 2 unspecified atom stereocenters. The van der Waals surface area contributed by atoms with E-state index in [1.165, 1.54) is 25.7 Å². The molecule has 2 nitrogen and oxygen atoms in total. The standard InChI is InChI=1S/C10H20ClNO/c1-13-8-7-12-10-6-4-2-3-5-9(10)11/h9-10,12H,2-8H2,1H3. The summed E-state index contributed by atoms with van der Waals surface area (Å²) in [5.74, 6) is 0. The van der Waals surface area contributed by atoms with Crippen molar-refractivity contribution in [2.24, 2.45) is 0 Å². The number of hydrogen-bond acceptors (Lipinski definition) is 2. The molecule has 1 N–H and O–H groups in total. The van der Waals surface area contributed by atoms with E-state index in [0.29, 0.717) is 11.4 Å². The summed E-state index contributed by atoms with van der Waals surface area (Å²) >= 11 is 6.26. The van der Waals surface area contributed by atoms with Gasteiger partial charge in [0.15, 0.2) is 0 Å². The zero-order chi connectivity index (χ0) is 9.52. The Labute approximate surface area is 86.0 Å². The Morgan fingerprint density at radius 3 is 2.85 bits per heavy atom. The maximum absolute atomic E-state index is 6.26. The van der Waals surface area contributed by atoms with Gasteiger partial charge in [0.2, 0.25) is 0 Å². The normalized spacial score (nSPS) is 30.0. The number of ether oxygens (including phenoxy) is 1. The highest BCUT2D eigenvalue weighted by molar-refractivity contribution is 6.21. The van der Waals surface area contributed by atoms with Crippen LogP contribution in [0.4, 0.5) is 0 Å². The van der Waals surface area contributed by atoms with Crippen molar-refractivity contribution in [2.75, 3.05) is 20.3 Å². The summed E-state index contributed by atoms with van der Waals surface area (Å²) in [4.78, 5) is 0. The molecule has 1 aliphatic carbocycles. The summed E-state index contributed by atoms with van der Waals surface area (Å²) in [6.45, 7) is 1.70. The molecule has 0 heterocycles. The van der Waals surface area contributed by atoms with Crippen molar-refractivity contribution in [2.45, 2.75) is 43.5 Å². The Bertz CT molecular complexity index is 132. The highest BCUT2D eigenvalue weighted by Gasteiger charge is 2.20. The van der Waals surface area contributed by atoms with Crippen molar-refractivity contribution in [3.05, 3.63) is 0 Å². The fourth-order valence-electron chi connectivity index (χ4n) is 1.84. The summed E-state index contributed by atoms with van der Waals surface area (Å²) in [7, 11) is 1.73. The van der Waals surface area contributed by atoms with Crippen LogP contribution in [0.3, 0.4) is 0 Å². The van der Waals surface area contributed by atoms with Gasteiger partial charge in [0.1, 0.15) is 0 Å². The molecule has 1 aliphatic rings. The average Bonchev–Trinajstić information content (AvgIpc) is 2.32. The molecule has 3 heteroatoms. The van der Waals surface area contributed by atoms with Crippen molar-refractivity contribution in [3.63, 3.8) is 0 Å². The minimum absolute atomic E-state index is 0.319. The van der Waals surface area contributed by atoms with E-state index >= 15 is 0 Å². The molecule has 0 aromatic carbocycles. The van der Waals surface area contributed by atoms with E-state index < -0.39 is 0 Å². The summed E-state index contributed by atoms with van der Waals surface area (Å²) < 4.78 is 4.99. The topological polar surface area (TPSA) is 21.3 Å². The van der Waals surface area contributed by atoms with E-state index in [1.807, 2.05) is 0 Å². The van der Waals surface area contributed by atoms with Crippen LogP contribution >= 0.6 is 11.6 Å². The largest absolute Gasteiger partial charge is 0.383 e. The number of halogens is 1. The SMILES string of the molecule is COCCNC1CCCCCC1Cl. The third-order valence-corrected chi connectivity index (χ3v) is 3.17. The lowest BCUT2D eigenvalue weighted by Crippen LogP contribution is -2.38. The van der Waals surface area contributed by atoms with E-state index in [0.717, 1.165) is 19.6 Å². The van der Waals surface area contributed by atoms with E-state index in [4.69, 9.17) is 16.3 Å². The van der Waals surface area contributed by atoms with Crippen LogP contribution in [0.5, 0.6) is 0 Å². The van der Waals surface area contributed by atoms with Crippen molar-refractivity contribution in [1.82, 2.24) is 5.32 Å². The van der Waals surface area contributed by atoms with Crippen molar-refractivity contribution < 1.29 is 4.74 Å². The van der Waals surface area contributed by atoms with Crippen molar-refractivity contribution >= 4 is 11.6 Å². The van der Waals surface area contributed by atoms with Crippen LogP contribution in [-0.4, -0.2) is 31.7 Å². The zero-order valence-corrected chi connectivity index (χ0v) is 9.15. The van der Waals surface area contributed by atoms with Gasteiger partial charge in [-0.3, -0.25) is 0 Å². The lowest BCUT2D eigenvalue weighted by atomic mass is 10.1. The van der Waals surface area contributed by atoms with Gasteiger partial charge in [-0.15, -0.1) is 11.6 Å². The fraction of sp³-hybridized carbons (Fsp3) is 1.00. The van der Waals surface area contributed by atoms with Crippen LogP contribution in [0.15, 0.2) is 0 Å². The van der Waals surface area contributed by atoms with Gasteiger partial charge in [0.05, 0.1) is 6.61 Å². The minimum atomic E-state index is 0.319. The van der Waals surface area contributed by atoms with Crippen LogP contribution in [0.25, 0.3) is 0 Å². The van der Waals surface area contributed by atoms with Gasteiger partial charge in [0.25, 0.3) is 0 Å². The number of methoxy groups -OCH3 is 1. The van der Waals surface area contributed by atoms with Gasteiger partial charge in [-0.25, -0.2) is 0 Å². The van der Waals surface area contributed by atoms with Crippen molar-refractivity contribution in [3.8, 4) is 0 Å². The molecule has 0 aromatic heterocycles. The Kier molecular flexibility index (Phi) is 5.76. The average molecular weight is 206 g/mol. The van der Waals surface area contributed by atoms with E-state index in [-0.39, 0.29) is 0 Å². The van der Waals surface area contributed by atoms with Gasteiger partial charge >= 0.3 is 0 Å². The lowest BCUT2D eigenvalue weighted by molar-refractivity contribution is 0.194. The molecule has 13 heavy (non-hydrogen) atoms. The molecule has 1 fully saturated rings. The molecule has 1 saturated carbocycles. The highest BCUT2D eigenvalue weighted by Crippen LogP contribution is 2.21. The molecule has 0 aliphatic heterocycles. The quantitative estimate of drug-likeness (QED) is 0.432. The molecular formula is C10H20ClNO. The predicted octanol–water partition coefficient (Wildman–Crippen LogP) is 2.16. The molecule has 1 rings (SSSR count). The summed E-state index contributed by atoms with van der Waals surface area (Å²) in [5.41, 5.74) is 0. The van der Waals surface area contributed by atoms with E-state index in [2.05, 4.69) is 5.32 Å². The third kappa shape index (κ3) is 4.30. The first-order valence-corrected chi connectivity index (χ1v) is 5.64. The number of hydrogen-bond donors (Lipinski definition) is 1. The molecule has 0 saturated heterocycles. The molecule has 0 amide bonds. The molecule has 0 aromatic rings. The second-order valence-electron chi connectivity index (χ2n) is 3.71. The molecule has 0 bridgehead atoms. The maximum atomic E-state index is 6.26. The van der Waals surface area contributed by atoms with E-state index in [9.17, 15) is 0 Å². The van der Waals surface area contributed by atoms with Gasteiger partial charge in [-0.05, 0) is 12.8 Å². The van der Waals surface area contributed by atoms with Crippen LogP contribution in [-0.2, 0) is 4.74 Å². The van der Waals surface area contributed by atoms with E-state index in [1.54, 1.807) is 7.11 Å². The fourth-order valence-corrected chi connectivity index (χ4v) is 2.21. The van der Waals surface area contributed by atoms with Crippen LogP contribution in [0, 0.1) is 0 Å². The molecule has 0 spiro atoms. The summed E-state index contributed by atoms with van der Waals surface area (Å²) in [5, 5.41) is 3.77.